The molecular weight excluding hydrogens is 388 g/mol. The largest absolute Gasteiger partial charge is 0.264 e. The Kier molecular flexibility index (Phi) is 5.36. The third-order valence-corrected chi connectivity index (χ3v) is 6.20. The summed E-state index contributed by atoms with van der Waals surface area (Å²) in [4.78, 5) is 8.41. The van der Waals surface area contributed by atoms with Gasteiger partial charge in [0.1, 0.15) is 11.3 Å². The highest BCUT2D eigenvalue weighted by molar-refractivity contribution is 7.89. The molecule has 0 aliphatic rings. The number of benzene rings is 1. The van der Waals surface area contributed by atoms with E-state index in [1.165, 1.54) is 43.9 Å². The first-order valence-electron chi connectivity index (χ1n) is 7.56. The van der Waals surface area contributed by atoms with E-state index in [2.05, 4.69) is 30.4 Å². The average Bonchev–Trinajstić information content (AvgIpc) is 3.34. The van der Waals surface area contributed by atoms with Crippen molar-refractivity contribution < 1.29 is 8.42 Å². The van der Waals surface area contributed by atoms with Gasteiger partial charge in [-0.2, -0.15) is 20.5 Å². The molecule has 3 aromatic rings. The van der Waals surface area contributed by atoms with Crippen LogP contribution in [0.5, 0.6) is 0 Å². The molecule has 3 rings (SSSR count). The summed E-state index contributed by atoms with van der Waals surface area (Å²) in [6.45, 7) is 0. The molecule has 2 heterocycles. The molecular formula is C15H14N8O2S2. The van der Waals surface area contributed by atoms with E-state index in [0.717, 1.165) is 9.87 Å². The van der Waals surface area contributed by atoms with Gasteiger partial charge in [0.2, 0.25) is 16.1 Å². The molecule has 0 aliphatic heterocycles. The average molecular weight is 402 g/mol. The summed E-state index contributed by atoms with van der Waals surface area (Å²) >= 11 is 1.27. The van der Waals surface area contributed by atoms with Crippen LogP contribution in [0.25, 0.3) is 11.3 Å². The summed E-state index contributed by atoms with van der Waals surface area (Å²) in [6, 6.07) is 7.55. The van der Waals surface area contributed by atoms with E-state index in [9.17, 15) is 13.7 Å². The van der Waals surface area contributed by atoms with Crippen LogP contribution in [0.2, 0.25) is 0 Å². The van der Waals surface area contributed by atoms with Crippen LogP contribution in [-0.4, -0.2) is 47.0 Å². The maximum atomic E-state index is 12.1. The van der Waals surface area contributed by atoms with Crippen LogP contribution < -0.4 is 0 Å². The van der Waals surface area contributed by atoms with Gasteiger partial charge >= 0.3 is 0 Å². The topological polar surface area (TPSA) is 140 Å². The third-order valence-electron chi connectivity index (χ3n) is 3.48. The summed E-state index contributed by atoms with van der Waals surface area (Å²) < 4.78 is 25.4. The zero-order valence-electron chi connectivity index (χ0n) is 14.3. The van der Waals surface area contributed by atoms with Crippen LogP contribution in [0.4, 0.5) is 5.95 Å². The predicted octanol–water partition coefficient (Wildman–Crippen LogP) is 2.53. The fraction of sp³-hybridized carbons (Fsp3) is 0.200. The van der Waals surface area contributed by atoms with Crippen molar-refractivity contribution in [2.45, 2.75) is 10.9 Å². The lowest BCUT2D eigenvalue weighted by molar-refractivity contribution is 0.521. The number of rotatable bonds is 6. The van der Waals surface area contributed by atoms with Crippen molar-refractivity contribution in [3.8, 4) is 17.3 Å². The van der Waals surface area contributed by atoms with Crippen LogP contribution in [0.1, 0.15) is 11.0 Å². The zero-order valence-corrected chi connectivity index (χ0v) is 15.9. The van der Waals surface area contributed by atoms with Crippen molar-refractivity contribution in [2.75, 3.05) is 14.1 Å². The van der Waals surface area contributed by atoms with Gasteiger partial charge in [-0.25, -0.2) is 22.8 Å². The Bertz CT molecular complexity index is 1080. The minimum absolute atomic E-state index is 0.197. The smallest absolute Gasteiger partial charge is 0.242 e. The number of aromatic amines is 1. The maximum absolute atomic E-state index is 12.1. The van der Waals surface area contributed by atoms with E-state index >= 15 is 0 Å². The minimum atomic E-state index is -3.49. The van der Waals surface area contributed by atoms with E-state index in [1.807, 2.05) is 6.07 Å². The van der Waals surface area contributed by atoms with Crippen LogP contribution in [0, 0.1) is 11.3 Å². The van der Waals surface area contributed by atoms with Crippen molar-refractivity contribution in [3.63, 3.8) is 0 Å². The fourth-order valence-corrected chi connectivity index (χ4v) is 3.75. The predicted molar refractivity (Wildman–Crippen MR) is 97.7 cm³/mol. The minimum Gasteiger partial charge on any atom is -0.242 e. The molecule has 0 saturated carbocycles. The van der Waals surface area contributed by atoms with Crippen molar-refractivity contribution in [1.82, 2.24) is 24.5 Å². The first kappa shape index (κ1) is 18.8. The summed E-state index contributed by atoms with van der Waals surface area (Å²) in [6.07, 6.45) is 1.29. The number of H-pyrrole nitrogens is 1. The van der Waals surface area contributed by atoms with Gasteiger partial charge in [0.15, 0.2) is 0 Å². The lowest BCUT2D eigenvalue weighted by atomic mass is 10.2. The van der Waals surface area contributed by atoms with E-state index in [4.69, 9.17) is 0 Å². The highest BCUT2D eigenvalue weighted by Gasteiger charge is 2.18. The second-order valence-corrected chi connectivity index (χ2v) is 8.48. The van der Waals surface area contributed by atoms with Gasteiger partial charge in [-0.3, -0.25) is 0 Å². The lowest BCUT2D eigenvalue weighted by Crippen LogP contribution is -2.22. The lowest BCUT2D eigenvalue weighted by Gasteiger charge is -2.11. The summed E-state index contributed by atoms with van der Waals surface area (Å²) in [5.41, 5.74) is 1.36. The Balaban J connectivity index is 1.82. The van der Waals surface area contributed by atoms with Crippen molar-refractivity contribution in [1.29, 1.82) is 5.26 Å². The Morgan fingerprint density at radius 3 is 2.63 bits per heavy atom. The number of azo groups is 1. The molecule has 0 radical (unpaired) electrons. The molecule has 2 aromatic heterocycles. The van der Waals surface area contributed by atoms with Crippen molar-refractivity contribution in [3.05, 3.63) is 41.0 Å². The normalized spacial score (nSPS) is 13.1. The molecule has 27 heavy (non-hydrogen) atoms. The molecule has 0 spiro atoms. The number of nitrogens with one attached hydrogen (secondary N) is 1. The van der Waals surface area contributed by atoms with Gasteiger partial charge in [0.05, 0.1) is 16.7 Å². The van der Waals surface area contributed by atoms with Crippen LogP contribution in [-0.2, 0) is 10.0 Å². The van der Waals surface area contributed by atoms with Gasteiger partial charge in [0, 0.05) is 25.0 Å². The molecule has 1 aromatic carbocycles. The molecule has 138 valence electrons. The molecule has 0 saturated heterocycles. The highest BCUT2D eigenvalue weighted by atomic mass is 32.2. The van der Waals surface area contributed by atoms with Gasteiger partial charge in [0.25, 0.3) is 5.95 Å². The van der Waals surface area contributed by atoms with Crippen molar-refractivity contribution in [2.24, 2.45) is 10.2 Å². The first-order valence-corrected chi connectivity index (χ1v) is 9.88. The van der Waals surface area contributed by atoms with E-state index in [1.54, 1.807) is 17.5 Å². The first-order chi connectivity index (χ1) is 12.9. The van der Waals surface area contributed by atoms with E-state index < -0.39 is 16.1 Å². The van der Waals surface area contributed by atoms with Crippen LogP contribution >= 0.6 is 11.3 Å². The molecule has 1 unspecified atom stereocenters. The standard InChI is InChI=1S/C15H14N8O2S2/c1-23(2)27(24,25)11-5-3-10(4-6-11)13-8-26-14(19-13)12(7-16)20-22-15-17-9-18-21-15/h3-6,8-9,12H,1-2H3,(H,17,18,21). The fourth-order valence-electron chi connectivity index (χ4n) is 2.04. The van der Waals surface area contributed by atoms with E-state index in [0.29, 0.717) is 10.7 Å². The molecule has 1 N–H and O–H groups in total. The molecule has 10 nitrogen and oxygen atoms in total. The van der Waals surface area contributed by atoms with Gasteiger partial charge < -0.3 is 0 Å². The quantitative estimate of drug-likeness (QED) is 0.628. The Morgan fingerprint density at radius 2 is 2.04 bits per heavy atom. The monoisotopic (exact) mass is 402 g/mol. The van der Waals surface area contributed by atoms with Gasteiger partial charge in [-0.1, -0.05) is 12.1 Å². The molecule has 12 heteroatoms. The molecule has 0 aliphatic carbocycles. The van der Waals surface area contributed by atoms with Gasteiger partial charge in [-0.05, 0) is 12.1 Å². The molecule has 0 amide bonds. The Morgan fingerprint density at radius 1 is 1.30 bits per heavy atom. The highest BCUT2D eigenvalue weighted by Crippen LogP contribution is 2.28. The number of nitrogens with zero attached hydrogens (tertiary/aromatic N) is 7. The summed E-state index contributed by atoms with van der Waals surface area (Å²) in [5, 5.41) is 25.5. The van der Waals surface area contributed by atoms with Crippen LogP contribution in [0.3, 0.4) is 0 Å². The second-order valence-electron chi connectivity index (χ2n) is 5.44. The zero-order chi connectivity index (χ0) is 19.4. The SMILES string of the molecule is CN(C)S(=O)(=O)c1ccc(-c2csc(C(C#N)N=Nc3ncn[nH]3)n2)cc1. The van der Waals surface area contributed by atoms with Crippen molar-refractivity contribution >= 4 is 27.3 Å². The Hall–Kier alpha value is -3.01. The van der Waals surface area contributed by atoms with E-state index in [-0.39, 0.29) is 10.8 Å². The number of hydrogen-bond donors (Lipinski definition) is 1. The number of sulfonamides is 1. The molecule has 0 fully saturated rings. The van der Waals surface area contributed by atoms with Gasteiger partial charge in [-0.15, -0.1) is 16.5 Å². The number of nitriles is 1. The molecule has 0 bridgehead atoms. The summed E-state index contributed by atoms with van der Waals surface area (Å²) in [5.74, 6) is 0.199. The molecule has 1 atom stereocenters. The number of thiazole rings is 1. The second kappa shape index (κ2) is 7.70. The Labute approximate surface area is 159 Å². The summed E-state index contributed by atoms with van der Waals surface area (Å²) in [7, 11) is -0.531. The maximum Gasteiger partial charge on any atom is 0.264 e. The third kappa shape index (κ3) is 4.05. The van der Waals surface area contributed by atoms with Crippen LogP contribution in [0.15, 0.2) is 51.1 Å². The number of hydrogen-bond acceptors (Lipinski definition) is 9. The number of aromatic nitrogens is 4.